The highest BCUT2D eigenvalue weighted by Gasteiger charge is 2.24. The van der Waals surface area contributed by atoms with Gasteiger partial charge in [0.15, 0.2) is 0 Å². The molecule has 1 saturated heterocycles. The lowest BCUT2D eigenvalue weighted by Crippen LogP contribution is -2.24. The Bertz CT molecular complexity index is 1140. The predicted molar refractivity (Wildman–Crippen MR) is 124 cm³/mol. The van der Waals surface area contributed by atoms with Gasteiger partial charge in [-0.25, -0.2) is 14.2 Å². The molecule has 1 aliphatic rings. The molecule has 1 aliphatic heterocycles. The van der Waals surface area contributed by atoms with Gasteiger partial charge in [0, 0.05) is 11.9 Å². The molecule has 6 nitrogen and oxygen atoms in total. The van der Waals surface area contributed by atoms with E-state index in [0.29, 0.717) is 10.2 Å². The number of hydrogen-bond donors (Lipinski definition) is 1. The molecule has 32 heavy (non-hydrogen) atoms. The summed E-state index contributed by atoms with van der Waals surface area (Å²) in [5.74, 6) is -2.09. The molecular weight excluding hydrogens is 453 g/mol. The normalized spacial score (nSPS) is 14.8. The molecule has 1 amide bonds. The fourth-order valence-corrected chi connectivity index (χ4v) is 5.19. The molecule has 0 radical (unpaired) electrons. The van der Waals surface area contributed by atoms with Gasteiger partial charge in [-0.1, -0.05) is 30.5 Å². The number of methoxy groups -OCH3 is 1. The van der Waals surface area contributed by atoms with Crippen molar-refractivity contribution in [1.82, 2.24) is 9.88 Å². The number of rotatable bonds is 5. The minimum absolute atomic E-state index is 0.0143. The average molecular weight is 476 g/mol. The zero-order chi connectivity index (χ0) is 22.7. The van der Waals surface area contributed by atoms with E-state index in [9.17, 15) is 14.0 Å². The van der Waals surface area contributed by atoms with E-state index in [1.54, 1.807) is 0 Å². The van der Waals surface area contributed by atoms with Crippen LogP contribution in [0.3, 0.4) is 0 Å². The standard InChI is InChI=1S/C23H23ClFN3O3S/c1-31-23(30)20-19(27-21(29)18-16(24)7-6-8-17(18)25)15-10-9-14(26-22(15)32-20)13-28-11-4-2-3-5-12-28/h6-10H,2-5,11-13H2,1H3,(H,27,29). The molecule has 168 valence electrons. The van der Waals surface area contributed by atoms with Gasteiger partial charge in [0.25, 0.3) is 5.91 Å². The molecule has 0 saturated carbocycles. The summed E-state index contributed by atoms with van der Waals surface area (Å²) in [6.07, 6.45) is 4.88. The molecule has 0 unspecified atom stereocenters. The summed E-state index contributed by atoms with van der Waals surface area (Å²) >= 11 is 7.17. The number of benzene rings is 1. The van der Waals surface area contributed by atoms with Gasteiger partial charge in [-0.3, -0.25) is 9.69 Å². The zero-order valence-electron chi connectivity index (χ0n) is 17.6. The van der Waals surface area contributed by atoms with Gasteiger partial charge in [0.05, 0.1) is 29.1 Å². The third kappa shape index (κ3) is 4.77. The van der Waals surface area contributed by atoms with Gasteiger partial charge < -0.3 is 10.1 Å². The van der Waals surface area contributed by atoms with E-state index in [2.05, 4.69) is 10.2 Å². The van der Waals surface area contributed by atoms with E-state index in [4.69, 9.17) is 21.3 Å². The van der Waals surface area contributed by atoms with Crippen LogP contribution < -0.4 is 5.32 Å². The Balaban J connectivity index is 1.67. The summed E-state index contributed by atoms with van der Waals surface area (Å²) in [6.45, 7) is 2.82. The van der Waals surface area contributed by atoms with Crippen LogP contribution in [0.15, 0.2) is 30.3 Å². The smallest absolute Gasteiger partial charge is 0.350 e. The molecule has 1 aromatic carbocycles. The molecule has 2 aromatic heterocycles. The Morgan fingerprint density at radius 3 is 2.62 bits per heavy atom. The van der Waals surface area contributed by atoms with E-state index in [-0.39, 0.29) is 21.2 Å². The second kappa shape index (κ2) is 9.94. The first-order valence-corrected chi connectivity index (χ1v) is 11.7. The monoisotopic (exact) mass is 475 g/mol. The first kappa shape index (κ1) is 22.6. The van der Waals surface area contributed by atoms with Crippen molar-refractivity contribution in [3.8, 4) is 0 Å². The molecule has 1 fully saturated rings. The van der Waals surface area contributed by atoms with Crippen LogP contribution in [0.5, 0.6) is 0 Å². The van der Waals surface area contributed by atoms with Gasteiger partial charge in [-0.05, 0) is 50.2 Å². The summed E-state index contributed by atoms with van der Waals surface area (Å²) < 4.78 is 19.1. The van der Waals surface area contributed by atoms with Gasteiger partial charge in [-0.2, -0.15) is 0 Å². The lowest BCUT2D eigenvalue weighted by molar-refractivity contribution is 0.0607. The fraction of sp³-hybridized carbons (Fsp3) is 0.348. The van der Waals surface area contributed by atoms with Crippen molar-refractivity contribution in [2.45, 2.75) is 32.2 Å². The van der Waals surface area contributed by atoms with Crippen molar-refractivity contribution >= 4 is 50.7 Å². The molecule has 3 heterocycles. The number of aromatic nitrogens is 1. The van der Waals surface area contributed by atoms with Crippen molar-refractivity contribution in [3.05, 3.63) is 57.3 Å². The van der Waals surface area contributed by atoms with E-state index >= 15 is 0 Å². The molecule has 9 heteroatoms. The van der Waals surface area contributed by atoms with Crippen LogP contribution in [0, 0.1) is 5.82 Å². The Morgan fingerprint density at radius 2 is 1.94 bits per heavy atom. The van der Waals surface area contributed by atoms with Gasteiger partial charge in [0.2, 0.25) is 0 Å². The molecule has 0 bridgehead atoms. The molecule has 0 spiro atoms. The highest BCUT2D eigenvalue weighted by Crippen LogP contribution is 2.36. The van der Waals surface area contributed by atoms with Crippen molar-refractivity contribution in [3.63, 3.8) is 0 Å². The van der Waals surface area contributed by atoms with Crippen LogP contribution in [-0.4, -0.2) is 42.0 Å². The average Bonchev–Trinajstić information content (AvgIpc) is 2.93. The number of ether oxygens (including phenoxy) is 1. The van der Waals surface area contributed by atoms with Crippen LogP contribution in [0.2, 0.25) is 5.02 Å². The molecule has 3 aromatic rings. The topological polar surface area (TPSA) is 71.5 Å². The number of pyridine rings is 1. The number of esters is 1. The number of nitrogens with one attached hydrogen (secondary N) is 1. The number of carbonyl (C=O) groups is 2. The second-order valence-corrected chi connectivity index (χ2v) is 9.10. The Kier molecular flexibility index (Phi) is 7.03. The summed E-state index contributed by atoms with van der Waals surface area (Å²) in [5, 5.41) is 3.23. The summed E-state index contributed by atoms with van der Waals surface area (Å²) in [7, 11) is 1.27. The summed E-state index contributed by atoms with van der Waals surface area (Å²) in [4.78, 5) is 33.1. The highest BCUT2D eigenvalue weighted by atomic mass is 35.5. The number of anilines is 1. The zero-order valence-corrected chi connectivity index (χ0v) is 19.2. The quantitative estimate of drug-likeness (QED) is 0.493. The Hall–Kier alpha value is -2.55. The van der Waals surface area contributed by atoms with Gasteiger partial charge >= 0.3 is 5.97 Å². The number of carbonyl (C=O) groups excluding carboxylic acids is 2. The summed E-state index contributed by atoms with van der Waals surface area (Å²) in [5.41, 5.74) is 0.858. The maximum Gasteiger partial charge on any atom is 0.350 e. The van der Waals surface area contributed by atoms with Gasteiger partial charge in [-0.15, -0.1) is 11.3 Å². The van der Waals surface area contributed by atoms with E-state index < -0.39 is 17.7 Å². The third-order valence-corrected chi connectivity index (χ3v) is 6.89. The minimum Gasteiger partial charge on any atom is -0.465 e. The number of thiophene rings is 1. The van der Waals surface area contributed by atoms with Gasteiger partial charge in [0.1, 0.15) is 15.5 Å². The molecular formula is C23H23ClFN3O3S. The van der Waals surface area contributed by atoms with Crippen molar-refractivity contribution in [1.29, 1.82) is 0 Å². The lowest BCUT2D eigenvalue weighted by Gasteiger charge is -2.19. The predicted octanol–water partition coefficient (Wildman–Crippen LogP) is 5.50. The van der Waals surface area contributed by atoms with Crippen LogP contribution in [0.25, 0.3) is 10.2 Å². The Morgan fingerprint density at radius 1 is 1.19 bits per heavy atom. The van der Waals surface area contributed by atoms with E-state index in [1.165, 1.54) is 44.9 Å². The van der Waals surface area contributed by atoms with E-state index in [0.717, 1.165) is 42.7 Å². The molecule has 1 N–H and O–H groups in total. The maximum absolute atomic E-state index is 14.2. The SMILES string of the molecule is COC(=O)c1sc2nc(CN3CCCCCC3)ccc2c1NC(=O)c1c(F)cccc1Cl. The number of nitrogens with zero attached hydrogens (tertiary/aromatic N) is 2. The summed E-state index contributed by atoms with van der Waals surface area (Å²) in [6, 6.07) is 7.74. The first-order valence-electron chi connectivity index (χ1n) is 10.5. The maximum atomic E-state index is 14.2. The third-order valence-electron chi connectivity index (χ3n) is 5.50. The van der Waals surface area contributed by atoms with Crippen LogP contribution >= 0.6 is 22.9 Å². The molecule has 0 aliphatic carbocycles. The van der Waals surface area contributed by atoms with Crippen molar-refractivity contribution in [2.24, 2.45) is 0 Å². The van der Waals surface area contributed by atoms with Crippen molar-refractivity contribution < 1.29 is 18.7 Å². The highest BCUT2D eigenvalue weighted by molar-refractivity contribution is 7.21. The van der Waals surface area contributed by atoms with Crippen molar-refractivity contribution in [2.75, 3.05) is 25.5 Å². The number of fused-ring (bicyclic) bond motifs is 1. The van der Waals surface area contributed by atoms with Crippen LogP contribution in [-0.2, 0) is 11.3 Å². The number of hydrogen-bond acceptors (Lipinski definition) is 6. The molecule has 4 rings (SSSR count). The minimum atomic E-state index is -0.744. The number of halogens is 2. The largest absolute Gasteiger partial charge is 0.465 e. The van der Waals surface area contributed by atoms with Crippen LogP contribution in [0.4, 0.5) is 10.1 Å². The van der Waals surface area contributed by atoms with E-state index in [1.807, 2.05) is 12.1 Å². The Labute approximate surface area is 194 Å². The lowest BCUT2D eigenvalue weighted by atomic mass is 10.1. The first-order chi connectivity index (χ1) is 15.5. The fourth-order valence-electron chi connectivity index (χ4n) is 3.88. The number of amides is 1. The second-order valence-electron chi connectivity index (χ2n) is 7.69. The number of likely N-dealkylation sites (tertiary alicyclic amines) is 1. The molecule has 0 atom stereocenters. The van der Waals surface area contributed by atoms with Crippen LogP contribution in [0.1, 0.15) is 51.4 Å².